The van der Waals surface area contributed by atoms with Gasteiger partial charge in [0.1, 0.15) is 0 Å². The topological polar surface area (TPSA) is 38.3 Å². The van der Waals surface area contributed by atoms with Crippen LogP contribution in [0.25, 0.3) is 33.0 Å². The van der Waals surface area contributed by atoms with E-state index in [2.05, 4.69) is 90.2 Å². The van der Waals surface area contributed by atoms with E-state index < -0.39 is 0 Å². The number of nitrogens with one attached hydrogen (secondary N) is 1. The van der Waals surface area contributed by atoms with Gasteiger partial charge in [-0.3, -0.25) is 0 Å². The first kappa shape index (κ1) is 25.6. The minimum atomic E-state index is -0.319. The van der Waals surface area contributed by atoms with Crippen LogP contribution in [-0.2, 0) is 24.1 Å². The Morgan fingerprint density at radius 3 is 1.61 bits per heavy atom. The summed E-state index contributed by atoms with van der Waals surface area (Å²) >= 11 is 0. The molecule has 5 aromatic rings. The first-order valence-corrected chi connectivity index (χ1v) is 14.9. The van der Waals surface area contributed by atoms with Crippen LogP contribution in [0, 0.1) is 17.8 Å². The van der Waals surface area contributed by atoms with Crippen molar-refractivity contribution < 1.29 is 9.53 Å². The number of amides is 1. The molecule has 204 valence electrons. The largest absolute Gasteiger partial charge is 0.449 e. The van der Waals surface area contributed by atoms with Crippen LogP contribution in [0.1, 0.15) is 29.5 Å². The van der Waals surface area contributed by atoms with E-state index in [-0.39, 0.29) is 6.09 Å². The molecule has 3 heteroatoms. The third-order valence-corrected chi connectivity index (χ3v) is 9.21. The van der Waals surface area contributed by atoms with E-state index in [0.717, 1.165) is 31.2 Å². The number of ether oxygens (including phenoxy) is 1. The number of hydrogen-bond donors (Lipinski definition) is 1. The Hall–Kier alpha value is -4.37. The SMILES string of the molecule is O=C(NCc1ccccc1)OCC1[C@H]2CCc3c(c(-c4ccccc4)c4ccccc4c3-c3ccccc3)CC[C@@H]12. The summed E-state index contributed by atoms with van der Waals surface area (Å²) in [6, 6.07) is 40.7. The summed E-state index contributed by atoms with van der Waals surface area (Å²) < 4.78 is 5.74. The van der Waals surface area contributed by atoms with Crippen LogP contribution in [0.3, 0.4) is 0 Å². The van der Waals surface area contributed by atoms with E-state index in [1.54, 1.807) is 0 Å². The van der Waals surface area contributed by atoms with Crippen molar-refractivity contribution in [2.45, 2.75) is 32.2 Å². The van der Waals surface area contributed by atoms with Gasteiger partial charge in [0.15, 0.2) is 0 Å². The maximum atomic E-state index is 12.5. The van der Waals surface area contributed by atoms with Gasteiger partial charge in [0.25, 0.3) is 0 Å². The fourth-order valence-electron chi connectivity index (χ4n) is 7.21. The zero-order valence-corrected chi connectivity index (χ0v) is 23.3. The molecule has 2 aliphatic rings. The molecule has 1 N–H and O–H groups in total. The molecule has 3 nitrogen and oxygen atoms in total. The summed E-state index contributed by atoms with van der Waals surface area (Å²) in [5.41, 5.74) is 9.45. The molecule has 2 aliphatic carbocycles. The van der Waals surface area contributed by atoms with E-state index in [9.17, 15) is 4.79 Å². The minimum absolute atomic E-state index is 0.319. The maximum Gasteiger partial charge on any atom is 0.407 e. The molecule has 0 heterocycles. The van der Waals surface area contributed by atoms with Gasteiger partial charge in [0.2, 0.25) is 0 Å². The van der Waals surface area contributed by atoms with Crippen LogP contribution in [0.15, 0.2) is 115 Å². The van der Waals surface area contributed by atoms with Crippen molar-refractivity contribution in [2.75, 3.05) is 6.61 Å². The van der Waals surface area contributed by atoms with Crippen LogP contribution in [0.4, 0.5) is 4.79 Å². The highest BCUT2D eigenvalue weighted by Gasteiger charge is 2.50. The number of fused-ring (bicyclic) bond motifs is 3. The molecule has 5 aromatic carbocycles. The number of carbonyl (C=O) groups is 1. The monoisotopic (exact) mass is 537 g/mol. The highest BCUT2D eigenvalue weighted by atomic mass is 16.5. The lowest BCUT2D eigenvalue weighted by atomic mass is 9.79. The van der Waals surface area contributed by atoms with Gasteiger partial charge in [-0.15, -0.1) is 0 Å². The van der Waals surface area contributed by atoms with Gasteiger partial charge in [0, 0.05) is 6.54 Å². The number of hydrogen-bond acceptors (Lipinski definition) is 2. The zero-order valence-electron chi connectivity index (χ0n) is 23.3. The van der Waals surface area contributed by atoms with E-state index >= 15 is 0 Å². The van der Waals surface area contributed by atoms with E-state index in [1.165, 1.54) is 44.2 Å². The van der Waals surface area contributed by atoms with Crippen molar-refractivity contribution in [3.63, 3.8) is 0 Å². The molecule has 1 amide bonds. The molecular weight excluding hydrogens is 502 g/mol. The summed E-state index contributed by atoms with van der Waals surface area (Å²) in [5.74, 6) is 1.67. The molecule has 1 saturated carbocycles. The van der Waals surface area contributed by atoms with Crippen molar-refractivity contribution in [1.29, 1.82) is 0 Å². The van der Waals surface area contributed by atoms with Gasteiger partial charge in [0.05, 0.1) is 6.61 Å². The second-order valence-corrected chi connectivity index (χ2v) is 11.5. The van der Waals surface area contributed by atoms with Gasteiger partial charge < -0.3 is 10.1 Å². The summed E-state index contributed by atoms with van der Waals surface area (Å²) in [4.78, 5) is 12.5. The third-order valence-electron chi connectivity index (χ3n) is 9.21. The normalized spacial score (nSPS) is 19.4. The Morgan fingerprint density at radius 1 is 0.634 bits per heavy atom. The molecule has 41 heavy (non-hydrogen) atoms. The molecule has 1 unspecified atom stereocenters. The second-order valence-electron chi connectivity index (χ2n) is 11.5. The highest BCUT2D eigenvalue weighted by Crippen LogP contribution is 2.55. The highest BCUT2D eigenvalue weighted by molar-refractivity contribution is 6.08. The first-order valence-electron chi connectivity index (χ1n) is 14.9. The lowest BCUT2D eigenvalue weighted by molar-refractivity contribution is 0.137. The average Bonchev–Trinajstić information content (AvgIpc) is 3.69. The summed E-state index contributed by atoms with van der Waals surface area (Å²) in [6.07, 6.45) is 4.03. The van der Waals surface area contributed by atoms with Crippen molar-refractivity contribution in [3.05, 3.63) is 132 Å². The van der Waals surface area contributed by atoms with Crippen molar-refractivity contribution in [2.24, 2.45) is 17.8 Å². The van der Waals surface area contributed by atoms with Crippen molar-refractivity contribution in [1.82, 2.24) is 5.32 Å². The van der Waals surface area contributed by atoms with Crippen molar-refractivity contribution in [3.8, 4) is 22.3 Å². The van der Waals surface area contributed by atoms with Crippen LogP contribution in [0.2, 0.25) is 0 Å². The summed E-state index contributed by atoms with van der Waals surface area (Å²) in [6.45, 7) is 0.996. The number of rotatable bonds is 6. The summed E-state index contributed by atoms with van der Waals surface area (Å²) in [7, 11) is 0. The average molecular weight is 538 g/mol. The Bertz CT molecular complexity index is 1570. The van der Waals surface area contributed by atoms with Gasteiger partial charge in [-0.25, -0.2) is 4.79 Å². The number of carbonyl (C=O) groups excluding carboxylic acids is 1. The van der Waals surface area contributed by atoms with Crippen molar-refractivity contribution >= 4 is 16.9 Å². The number of benzene rings is 5. The molecule has 0 bridgehead atoms. The molecule has 3 atom stereocenters. The quantitative estimate of drug-likeness (QED) is 0.235. The Balaban J connectivity index is 1.18. The lowest BCUT2D eigenvalue weighted by Gasteiger charge is -2.25. The summed E-state index contributed by atoms with van der Waals surface area (Å²) in [5, 5.41) is 5.58. The standard InChI is InChI=1S/C38H35NO2/c40-38(39-24-26-12-4-1-5-13-26)41-25-35-29-20-22-33-34(23-21-30(29)35)37(28-16-8-3-9-17-28)32-19-11-10-18-31(32)36(33)27-14-6-2-7-15-27/h1-19,29-30,35H,20-25H2,(H,39,40)/t29-,30+,35?. The second kappa shape index (κ2) is 11.2. The first-order chi connectivity index (χ1) is 20.3. The molecule has 0 saturated heterocycles. The Morgan fingerprint density at radius 2 is 1.10 bits per heavy atom. The minimum Gasteiger partial charge on any atom is -0.449 e. The molecule has 0 aromatic heterocycles. The molecule has 1 fully saturated rings. The van der Waals surface area contributed by atoms with Gasteiger partial charge in [-0.2, -0.15) is 0 Å². The smallest absolute Gasteiger partial charge is 0.407 e. The number of alkyl carbamates (subject to hydrolysis) is 1. The predicted octanol–water partition coefficient (Wildman–Crippen LogP) is 8.84. The maximum absolute atomic E-state index is 12.5. The van der Waals surface area contributed by atoms with Crippen LogP contribution in [-0.4, -0.2) is 12.7 Å². The molecule has 0 radical (unpaired) electrons. The van der Waals surface area contributed by atoms with E-state index in [4.69, 9.17) is 4.74 Å². The molecular formula is C38H35NO2. The van der Waals surface area contributed by atoms with E-state index in [1.807, 2.05) is 30.3 Å². The van der Waals surface area contributed by atoms with Gasteiger partial charge >= 0.3 is 6.09 Å². The van der Waals surface area contributed by atoms with Gasteiger partial charge in [-0.05, 0) is 93.2 Å². The molecule has 0 spiro atoms. The van der Waals surface area contributed by atoms with Crippen LogP contribution >= 0.6 is 0 Å². The fraction of sp³-hybridized carbons (Fsp3) is 0.237. The fourth-order valence-corrected chi connectivity index (χ4v) is 7.21. The third kappa shape index (κ3) is 5.13. The molecule has 7 rings (SSSR count). The van der Waals surface area contributed by atoms with Crippen LogP contribution in [0.5, 0.6) is 0 Å². The Labute approximate surface area is 242 Å². The van der Waals surface area contributed by atoms with Crippen LogP contribution < -0.4 is 5.32 Å². The molecule has 0 aliphatic heterocycles. The van der Waals surface area contributed by atoms with E-state index in [0.29, 0.717) is 30.9 Å². The predicted molar refractivity (Wildman–Crippen MR) is 167 cm³/mol. The van der Waals surface area contributed by atoms with Gasteiger partial charge in [-0.1, -0.05) is 115 Å². The Kier molecular flexibility index (Phi) is 7.02. The lowest BCUT2D eigenvalue weighted by Crippen LogP contribution is -2.24. The zero-order chi connectivity index (χ0) is 27.6.